The van der Waals surface area contributed by atoms with Gasteiger partial charge < -0.3 is 0 Å². The van der Waals surface area contributed by atoms with E-state index in [1.807, 2.05) is 0 Å². The Labute approximate surface area is 77.1 Å². The molecule has 0 N–H and O–H groups in total. The van der Waals surface area contributed by atoms with Gasteiger partial charge in [0.2, 0.25) is 0 Å². The molecule has 70 valence electrons. The Morgan fingerprint density at radius 1 is 1.17 bits per heavy atom. The zero-order valence-corrected chi connectivity index (χ0v) is 8.55. The lowest BCUT2D eigenvalue weighted by Gasteiger charge is -2.14. The Balaban J connectivity index is 2.14. The van der Waals surface area contributed by atoms with Gasteiger partial charge in [-0.3, -0.25) is 0 Å². The molecule has 0 amide bonds. The zero-order chi connectivity index (χ0) is 8.81. The van der Waals surface area contributed by atoms with E-state index < -0.39 is 0 Å². The van der Waals surface area contributed by atoms with Gasteiger partial charge in [-0.05, 0) is 37.5 Å². The summed E-state index contributed by atoms with van der Waals surface area (Å²) in [6.07, 6.45) is 13.1. The van der Waals surface area contributed by atoms with Gasteiger partial charge in [0.25, 0.3) is 0 Å². The van der Waals surface area contributed by atoms with Crippen molar-refractivity contribution in [1.29, 1.82) is 0 Å². The number of allylic oxidation sites excluding steroid dienone is 2. The van der Waals surface area contributed by atoms with E-state index in [0.29, 0.717) is 0 Å². The molecule has 0 fully saturated rings. The van der Waals surface area contributed by atoms with Crippen molar-refractivity contribution in [2.24, 2.45) is 11.8 Å². The molecule has 0 aromatic rings. The summed E-state index contributed by atoms with van der Waals surface area (Å²) < 4.78 is 0. The predicted octanol–water partition coefficient (Wildman–Crippen LogP) is 4.17. The van der Waals surface area contributed by atoms with Gasteiger partial charge in [-0.15, -0.1) is 0 Å². The molecular formula is C12H22. The molecule has 1 aliphatic carbocycles. The molecule has 0 bridgehead atoms. The fraction of sp³-hybridized carbons (Fsp3) is 0.833. The summed E-state index contributed by atoms with van der Waals surface area (Å²) in [6, 6.07) is 0. The van der Waals surface area contributed by atoms with Gasteiger partial charge >= 0.3 is 0 Å². The van der Waals surface area contributed by atoms with Gasteiger partial charge in [0, 0.05) is 0 Å². The van der Waals surface area contributed by atoms with Crippen LogP contribution >= 0.6 is 0 Å². The van der Waals surface area contributed by atoms with Crippen molar-refractivity contribution < 1.29 is 0 Å². The molecular weight excluding hydrogens is 144 g/mol. The topological polar surface area (TPSA) is 0 Å². The fourth-order valence-corrected chi connectivity index (χ4v) is 1.90. The van der Waals surface area contributed by atoms with E-state index in [9.17, 15) is 0 Å². The second-order valence-electron chi connectivity index (χ2n) is 4.46. The van der Waals surface area contributed by atoms with Crippen LogP contribution in [0.4, 0.5) is 0 Å². The molecule has 0 atom stereocenters. The molecule has 0 nitrogen and oxygen atoms in total. The third-order valence-corrected chi connectivity index (χ3v) is 2.80. The summed E-state index contributed by atoms with van der Waals surface area (Å²) in [5, 5.41) is 0. The van der Waals surface area contributed by atoms with E-state index in [1.54, 1.807) is 0 Å². The van der Waals surface area contributed by atoms with E-state index in [1.165, 1.54) is 38.5 Å². The molecule has 0 saturated heterocycles. The summed E-state index contributed by atoms with van der Waals surface area (Å²) in [7, 11) is 0. The quantitative estimate of drug-likeness (QED) is 0.552. The second-order valence-corrected chi connectivity index (χ2v) is 4.46. The lowest BCUT2D eigenvalue weighted by molar-refractivity contribution is 0.388. The maximum Gasteiger partial charge on any atom is -0.0348 e. The molecule has 0 saturated carbocycles. The van der Waals surface area contributed by atoms with E-state index in [-0.39, 0.29) is 0 Å². The first kappa shape index (κ1) is 9.83. The average Bonchev–Trinajstić information content (AvgIpc) is 2.28. The lowest BCUT2D eigenvalue weighted by atomic mass is 9.92. The normalized spacial score (nSPS) is 19.9. The summed E-state index contributed by atoms with van der Waals surface area (Å²) in [5.74, 6) is 1.91. The maximum atomic E-state index is 2.36. The Kier molecular flexibility index (Phi) is 4.42. The van der Waals surface area contributed by atoms with Crippen LogP contribution in [0.5, 0.6) is 0 Å². The highest BCUT2D eigenvalue weighted by Gasteiger charge is 2.09. The van der Waals surface area contributed by atoms with Crippen molar-refractivity contribution in [2.75, 3.05) is 0 Å². The van der Waals surface area contributed by atoms with Crippen molar-refractivity contribution in [3.05, 3.63) is 12.2 Å². The molecule has 0 heteroatoms. The first-order valence-electron chi connectivity index (χ1n) is 5.44. The summed E-state index contributed by atoms with van der Waals surface area (Å²) in [5.41, 5.74) is 0. The lowest BCUT2D eigenvalue weighted by Crippen LogP contribution is -2.00. The van der Waals surface area contributed by atoms with Crippen LogP contribution in [0.2, 0.25) is 0 Å². The van der Waals surface area contributed by atoms with Crippen molar-refractivity contribution in [1.82, 2.24) is 0 Å². The maximum absolute atomic E-state index is 2.36. The predicted molar refractivity (Wildman–Crippen MR) is 55.2 cm³/mol. The van der Waals surface area contributed by atoms with Crippen LogP contribution in [-0.2, 0) is 0 Å². The molecule has 1 rings (SSSR count). The molecule has 0 aliphatic heterocycles. The van der Waals surface area contributed by atoms with E-state index >= 15 is 0 Å². The largest absolute Gasteiger partial charge is 0.0885 e. The smallest absolute Gasteiger partial charge is 0.0348 e. The monoisotopic (exact) mass is 166 g/mol. The standard InChI is InChI=1S/C12H22/c1-11(2)9-10-12-7-5-3-4-6-8-12/h3-4,11-12H,5-10H2,1-2H3. The third-order valence-electron chi connectivity index (χ3n) is 2.80. The highest BCUT2D eigenvalue weighted by Crippen LogP contribution is 2.24. The minimum Gasteiger partial charge on any atom is -0.0885 e. The van der Waals surface area contributed by atoms with Crippen LogP contribution < -0.4 is 0 Å². The summed E-state index contributed by atoms with van der Waals surface area (Å²) in [4.78, 5) is 0. The van der Waals surface area contributed by atoms with Crippen molar-refractivity contribution >= 4 is 0 Å². The average molecular weight is 166 g/mol. The van der Waals surface area contributed by atoms with E-state index in [2.05, 4.69) is 26.0 Å². The molecule has 0 aromatic heterocycles. The molecule has 0 spiro atoms. The van der Waals surface area contributed by atoms with Crippen molar-refractivity contribution in [3.63, 3.8) is 0 Å². The Morgan fingerprint density at radius 2 is 1.75 bits per heavy atom. The number of hydrogen-bond donors (Lipinski definition) is 0. The molecule has 0 aromatic carbocycles. The highest BCUT2D eigenvalue weighted by atomic mass is 14.1. The summed E-state index contributed by atoms with van der Waals surface area (Å²) >= 11 is 0. The Hall–Kier alpha value is -0.260. The number of rotatable bonds is 3. The molecule has 0 unspecified atom stereocenters. The molecule has 12 heavy (non-hydrogen) atoms. The van der Waals surface area contributed by atoms with Crippen LogP contribution in [0.25, 0.3) is 0 Å². The number of hydrogen-bond acceptors (Lipinski definition) is 0. The zero-order valence-electron chi connectivity index (χ0n) is 8.55. The highest BCUT2D eigenvalue weighted by molar-refractivity contribution is 4.86. The second kappa shape index (κ2) is 5.40. The minimum absolute atomic E-state index is 0.890. The van der Waals surface area contributed by atoms with Crippen LogP contribution in [0.15, 0.2) is 12.2 Å². The molecule has 1 aliphatic rings. The molecule has 0 heterocycles. The third kappa shape index (κ3) is 3.94. The Bertz CT molecular complexity index is 123. The van der Waals surface area contributed by atoms with Crippen LogP contribution in [0.1, 0.15) is 52.4 Å². The van der Waals surface area contributed by atoms with Crippen molar-refractivity contribution in [3.8, 4) is 0 Å². The van der Waals surface area contributed by atoms with Gasteiger partial charge in [-0.25, -0.2) is 0 Å². The fourth-order valence-electron chi connectivity index (χ4n) is 1.90. The van der Waals surface area contributed by atoms with E-state index in [4.69, 9.17) is 0 Å². The van der Waals surface area contributed by atoms with Crippen LogP contribution in [-0.4, -0.2) is 0 Å². The van der Waals surface area contributed by atoms with Gasteiger partial charge in [-0.1, -0.05) is 38.8 Å². The summed E-state index contributed by atoms with van der Waals surface area (Å²) in [6.45, 7) is 4.66. The van der Waals surface area contributed by atoms with Crippen LogP contribution in [0, 0.1) is 11.8 Å². The van der Waals surface area contributed by atoms with Gasteiger partial charge in [0.15, 0.2) is 0 Å². The first-order valence-corrected chi connectivity index (χ1v) is 5.44. The Morgan fingerprint density at radius 3 is 2.25 bits per heavy atom. The molecule has 0 radical (unpaired) electrons. The van der Waals surface area contributed by atoms with Gasteiger partial charge in [0.1, 0.15) is 0 Å². The van der Waals surface area contributed by atoms with Gasteiger partial charge in [0.05, 0.1) is 0 Å². The minimum atomic E-state index is 0.890. The first-order chi connectivity index (χ1) is 5.79. The SMILES string of the molecule is CC(C)CCC1CCC=CCC1. The van der Waals surface area contributed by atoms with Crippen LogP contribution in [0.3, 0.4) is 0 Å². The van der Waals surface area contributed by atoms with Crippen molar-refractivity contribution in [2.45, 2.75) is 52.4 Å². The van der Waals surface area contributed by atoms with E-state index in [0.717, 1.165) is 11.8 Å². The van der Waals surface area contributed by atoms with Gasteiger partial charge in [-0.2, -0.15) is 0 Å².